The Hall–Kier alpha value is -1.71. The predicted molar refractivity (Wildman–Crippen MR) is 74.4 cm³/mol. The molecule has 1 aliphatic rings. The second-order valence-corrected chi connectivity index (χ2v) is 5.53. The highest BCUT2D eigenvalue weighted by Gasteiger charge is 2.27. The molecule has 3 N–H and O–H groups in total. The summed E-state index contributed by atoms with van der Waals surface area (Å²) in [5.41, 5.74) is 6.05. The molecule has 1 aromatic rings. The number of nitrogens with two attached hydrogens (primary N) is 1. The standard InChI is InChI=1S/C15H21NO3/c1-9-6-7-11(8-10(9)2)19-13-5-3-4-12(16)14(13)15(17)18/h3-5,9-11H,6-8,16H2,1-2H3,(H,17,18). The van der Waals surface area contributed by atoms with Crippen molar-refractivity contribution in [3.63, 3.8) is 0 Å². The molecule has 0 saturated heterocycles. The Balaban J connectivity index is 2.15. The molecule has 2 rings (SSSR count). The second kappa shape index (κ2) is 5.51. The van der Waals surface area contributed by atoms with E-state index in [1.807, 2.05) is 0 Å². The first-order chi connectivity index (χ1) is 8.99. The van der Waals surface area contributed by atoms with Gasteiger partial charge < -0.3 is 15.6 Å². The number of anilines is 1. The van der Waals surface area contributed by atoms with Gasteiger partial charge in [-0.1, -0.05) is 19.9 Å². The van der Waals surface area contributed by atoms with Crippen molar-refractivity contribution in [2.45, 2.75) is 39.2 Å². The van der Waals surface area contributed by atoms with Crippen molar-refractivity contribution < 1.29 is 14.6 Å². The molecule has 19 heavy (non-hydrogen) atoms. The molecule has 4 nitrogen and oxygen atoms in total. The summed E-state index contributed by atoms with van der Waals surface area (Å²) >= 11 is 0. The van der Waals surface area contributed by atoms with Crippen LogP contribution in [-0.2, 0) is 0 Å². The van der Waals surface area contributed by atoms with Crippen LogP contribution in [0.2, 0.25) is 0 Å². The van der Waals surface area contributed by atoms with Crippen molar-refractivity contribution in [3.05, 3.63) is 23.8 Å². The second-order valence-electron chi connectivity index (χ2n) is 5.53. The minimum absolute atomic E-state index is 0.0776. The van der Waals surface area contributed by atoms with E-state index in [9.17, 15) is 9.90 Å². The Morgan fingerprint density at radius 2 is 2.05 bits per heavy atom. The number of ether oxygens (including phenoxy) is 1. The number of benzene rings is 1. The average molecular weight is 263 g/mol. The first-order valence-electron chi connectivity index (χ1n) is 6.77. The average Bonchev–Trinajstić information content (AvgIpc) is 2.33. The lowest BCUT2D eigenvalue weighted by Crippen LogP contribution is -2.29. The van der Waals surface area contributed by atoms with E-state index < -0.39 is 5.97 Å². The molecule has 0 bridgehead atoms. The minimum atomic E-state index is -1.04. The number of rotatable bonds is 3. The highest BCUT2D eigenvalue weighted by Crippen LogP contribution is 2.33. The van der Waals surface area contributed by atoms with Crippen molar-refractivity contribution in [3.8, 4) is 5.75 Å². The van der Waals surface area contributed by atoms with Crippen molar-refractivity contribution in [2.24, 2.45) is 11.8 Å². The van der Waals surface area contributed by atoms with Gasteiger partial charge >= 0.3 is 5.97 Å². The van der Waals surface area contributed by atoms with Crippen LogP contribution in [-0.4, -0.2) is 17.2 Å². The summed E-state index contributed by atoms with van der Waals surface area (Å²) in [6.07, 6.45) is 3.15. The molecule has 1 saturated carbocycles. The third kappa shape index (κ3) is 3.00. The van der Waals surface area contributed by atoms with Crippen molar-refractivity contribution in [1.82, 2.24) is 0 Å². The molecule has 0 aromatic heterocycles. The summed E-state index contributed by atoms with van der Waals surface area (Å²) in [5, 5.41) is 9.21. The van der Waals surface area contributed by atoms with Crippen LogP contribution in [0.5, 0.6) is 5.75 Å². The Morgan fingerprint density at radius 1 is 1.32 bits per heavy atom. The quantitative estimate of drug-likeness (QED) is 0.821. The lowest BCUT2D eigenvalue weighted by atomic mass is 9.80. The number of aromatic carboxylic acids is 1. The summed E-state index contributed by atoms with van der Waals surface area (Å²) in [5.74, 6) is 0.664. The maximum atomic E-state index is 11.2. The zero-order chi connectivity index (χ0) is 14.0. The van der Waals surface area contributed by atoms with Gasteiger partial charge in [-0.3, -0.25) is 0 Å². The highest BCUT2D eigenvalue weighted by atomic mass is 16.5. The van der Waals surface area contributed by atoms with Gasteiger partial charge in [0.25, 0.3) is 0 Å². The summed E-state index contributed by atoms with van der Waals surface area (Å²) in [7, 11) is 0. The molecule has 4 heteroatoms. The molecule has 0 heterocycles. The molecule has 0 amide bonds. The van der Waals surface area contributed by atoms with Crippen LogP contribution in [0.4, 0.5) is 5.69 Å². The van der Waals surface area contributed by atoms with Crippen LogP contribution in [0, 0.1) is 11.8 Å². The summed E-state index contributed by atoms with van der Waals surface area (Å²) < 4.78 is 5.89. The van der Waals surface area contributed by atoms with Gasteiger partial charge in [0.05, 0.1) is 6.10 Å². The minimum Gasteiger partial charge on any atom is -0.489 e. The van der Waals surface area contributed by atoms with E-state index in [4.69, 9.17) is 10.5 Å². The van der Waals surface area contributed by atoms with Crippen molar-refractivity contribution >= 4 is 11.7 Å². The van der Waals surface area contributed by atoms with E-state index >= 15 is 0 Å². The monoisotopic (exact) mass is 263 g/mol. The van der Waals surface area contributed by atoms with Gasteiger partial charge in [-0.15, -0.1) is 0 Å². The number of carboxylic acids is 1. The lowest BCUT2D eigenvalue weighted by Gasteiger charge is -2.32. The van der Waals surface area contributed by atoms with Crippen molar-refractivity contribution in [2.75, 3.05) is 5.73 Å². The Kier molecular flexibility index (Phi) is 3.98. The molecule has 1 aromatic carbocycles. The summed E-state index contributed by atoms with van der Waals surface area (Å²) in [4.78, 5) is 11.2. The zero-order valence-electron chi connectivity index (χ0n) is 11.4. The van der Waals surface area contributed by atoms with Gasteiger partial charge in [-0.05, 0) is 43.2 Å². The largest absolute Gasteiger partial charge is 0.489 e. The van der Waals surface area contributed by atoms with Crippen LogP contribution in [0.3, 0.4) is 0 Å². The molecular formula is C15H21NO3. The van der Waals surface area contributed by atoms with Crippen LogP contribution < -0.4 is 10.5 Å². The molecule has 3 unspecified atom stereocenters. The van der Waals surface area contributed by atoms with E-state index in [0.29, 0.717) is 17.6 Å². The van der Waals surface area contributed by atoms with Crippen LogP contribution in [0.15, 0.2) is 18.2 Å². The number of hydrogen-bond donors (Lipinski definition) is 2. The van der Waals surface area contributed by atoms with E-state index in [1.165, 1.54) is 0 Å². The molecule has 104 valence electrons. The number of nitrogen functional groups attached to an aromatic ring is 1. The smallest absolute Gasteiger partial charge is 0.341 e. The zero-order valence-corrected chi connectivity index (χ0v) is 11.4. The first kappa shape index (κ1) is 13.7. The first-order valence-corrected chi connectivity index (χ1v) is 6.77. The fourth-order valence-corrected chi connectivity index (χ4v) is 2.66. The molecule has 1 fully saturated rings. The van der Waals surface area contributed by atoms with E-state index in [0.717, 1.165) is 19.3 Å². The Morgan fingerprint density at radius 3 is 2.68 bits per heavy atom. The maximum absolute atomic E-state index is 11.2. The molecule has 0 radical (unpaired) electrons. The molecule has 1 aliphatic carbocycles. The predicted octanol–water partition coefficient (Wildman–Crippen LogP) is 3.17. The molecule has 0 aliphatic heterocycles. The van der Waals surface area contributed by atoms with Gasteiger partial charge in [-0.2, -0.15) is 0 Å². The van der Waals surface area contributed by atoms with E-state index in [2.05, 4.69) is 13.8 Å². The summed E-state index contributed by atoms with van der Waals surface area (Å²) in [6.45, 7) is 4.47. The van der Waals surface area contributed by atoms with E-state index in [1.54, 1.807) is 18.2 Å². The normalized spacial score (nSPS) is 26.9. The highest BCUT2D eigenvalue weighted by molar-refractivity contribution is 5.96. The van der Waals surface area contributed by atoms with Gasteiger partial charge in [-0.25, -0.2) is 4.79 Å². The molecule has 0 spiro atoms. The van der Waals surface area contributed by atoms with Gasteiger partial charge in [0.2, 0.25) is 0 Å². The Labute approximate surface area is 113 Å². The van der Waals surface area contributed by atoms with Gasteiger partial charge in [0.1, 0.15) is 11.3 Å². The maximum Gasteiger partial charge on any atom is 0.341 e. The molecule has 3 atom stereocenters. The topological polar surface area (TPSA) is 72.5 Å². The Bertz CT molecular complexity index is 472. The fraction of sp³-hybridized carbons (Fsp3) is 0.533. The SMILES string of the molecule is CC1CCC(Oc2cccc(N)c2C(=O)O)CC1C. The van der Waals surface area contributed by atoms with Crippen LogP contribution in [0.25, 0.3) is 0 Å². The number of carboxylic acid groups (broad SMARTS) is 1. The molecular weight excluding hydrogens is 242 g/mol. The summed E-state index contributed by atoms with van der Waals surface area (Å²) in [6, 6.07) is 5.00. The van der Waals surface area contributed by atoms with Crippen molar-refractivity contribution in [1.29, 1.82) is 0 Å². The van der Waals surface area contributed by atoms with Crippen LogP contribution in [0.1, 0.15) is 43.5 Å². The van der Waals surface area contributed by atoms with E-state index in [-0.39, 0.29) is 17.4 Å². The third-order valence-electron chi connectivity index (χ3n) is 4.12. The van der Waals surface area contributed by atoms with Crippen LogP contribution >= 0.6 is 0 Å². The third-order valence-corrected chi connectivity index (χ3v) is 4.12. The number of hydrogen-bond acceptors (Lipinski definition) is 3. The number of carbonyl (C=O) groups is 1. The van der Waals surface area contributed by atoms with Gasteiger partial charge in [0.15, 0.2) is 0 Å². The fourth-order valence-electron chi connectivity index (χ4n) is 2.66. The van der Waals surface area contributed by atoms with Gasteiger partial charge in [0, 0.05) is 5.69 Å². The lowest BCUT2D eigenvalue weighted by molar-refractivity contribution is 0.0677.